The van der Waals surface area contributed by atoms with Crippen LogP contribution < -0.4 is 16.0 Å². The first kappa shape index (κ1) is 30.5. The minimum absolute atomic E-state index is 0.00471. The second-order valence-corrected chi connectivity index (χ2v) is 13.3. The Morgan fingerprint density at radius 1 is 1.05 bits per heavy atom. The van der Waals surface area contributed by atoms with E-state index in [-0.39, 0.29) is 35.7 Å². The van der Waals surface area contributed by atoms with Crippen LogP contribution in [0.2, 0.25) is 0 Å². The third kappa shape index (κ3) is 6.31. The molecule has 238 valence electrons. The maximum Gasteiger partial charge on any atom is 0.328 e. The second kappa shape index (κ2) is 12.5. The number of benzene rings is 1. The molecule has 1 aromatic heterocycles. The minimum atomic E-state index is -2.65. The van der Waals surface area contributed by atoms with Crippen LogP contribution >= 0.6 is 0 Å². The van der Waals surface area contributed by atoms with E-state index in [0.717, 1.165) is 64.0 Å². The van der Waals surface area contributed by atoms with Crippen LogP contribution in [0.3, 0.4) is 0 Å². The Labute approximate surface area is 256 Å². The first-order valence-electron chi connectivity index (χ1n) is 16.0. The van der Waals surface area contributed by atoms with Gasteiger partial charge in [0.25, 0.3) is 12.3 Å². The summed E-state index contributed by atoms with van der Waals surface area (Å²) in [5.74, 6) is 0.380. The highest BCUT2D eigenvalue weighted by molar-refractivity contribution is 6.06. The average Bonchev–Trinajstić information content (AvgIpc) is 3.41. The smallest absolute Gasteiger partial charge is 0.328 e. The summed E-state index contributed by atoms with van der Waals surface area (Å²) < 4.78 is 27.8. The number of hydrogen-bond acceptors (Lipinski definition) is 6. The lowest BCUT2D eigenvalue weighted by Crippen LogP contribution is -2.50. The van der Waals surface area contributed by atoms with E-state index in [1.165, 1.54) is 25.7 Å². The first-order chi connectivity index (χ1) is 21.1. The molecule has 0 radical (unpaired) electrons. The van der Waals surface area contributed by atoms with E-state index in [9.17, 15) is 23.2 Å². The van der Waals surface area contributed by atoms with Gasteiger partial charge in [0.05, 0.1) is 11.7 Å². The number of urea groups is 1. The molecule has 0 atom stereocenters. The number of hydrogen-bond donors (Lipinski definition) is 2. The molecule has 10 nitrogen and oxygen atoms in total. The van der Waals surface area contributed by atoms with Gasteiger partial charge < -0.3 is 15.5 Å². The fourth-order valence-corrected chi connectivity index (χ4v) is 7.67. The van der Waals surface area contributed by atoms with Crippen LogP contribution in [0.4, 0.5) is 25.0 Å². The Hall–Kier alpha value is -3.54. The number of rotatable bonds is 6. The van der Waals surface area contributed by atoms with Gasteiger partial charge in [-0.1, -0.05) is 6.07 Å². The van der Waals surface area contributed by atoms with Crippen molar-refractivity contribution < 1.29 is 23.2 Å². The number of nitrogens with zero attached hydrogens (tertiary/aromatic N) is 5. The van der Waals surface area contributed by atoms with E-state index in [1.807, 2.05) is 24.0 Å². The molecule has 0 bridgehead atoms. The second-order valence-electron chi connectivity index (χ2n) is 13.3. The Balaban J connectivity index is 0.965. The molecule has 6 rings (SSSR count). The number of halogens is 2. The van der Waals surface area contributed by atoms with Crippen molar-refractivity contribution in [3.63, 3.8) is 0 Å². The number of piperidine rings is 2. The molecule has 4 amide bonds. The van der Waals surface area contributed by atoms with Gasteiger partial charge in [0, 0.05) is 63.1 Å². The quantitative estimate of drug-likeness (QED) is 0.480. The predicted molar refractivity (Wildman–Crippen MR) is 163 cm³/mol. The van der Waals surface area contributed by atoms with Crippen LogP contribution in [0.5, 0.6) is 0 Å². The van der Waals surface area contributed by atoms with E-state index in [2.05, 4.69) is 15.3 Å². The summed E-state index contributed by atoms with van der Waals surface area (Å²) in [6.45, 7) is 6.65. The normalized spacial score (nSPS) is 22.2. The number of aryl methyl sites for hydroxylation is 1. The highest BCUT2D eigenvalue weighted by atomic mass is 19.3. The summed E-state index contributed by atoms with van der Waals surface area (Å²) in [6.07, 6.45) is 7.73. The molecule has 1 spiro atoms. The van der Waals surface area contributed by atoms with Gasteiger partial charge in [-0.15, -0.1) is 0 Å². The lowest BCUT2D eigenvalue weighted by atomic mass is 9.65. The van der Waals surface area contributed by atoms with Crippen molar-refractivity contribution in [3.8, 4) is 0 Å². The van der Waals surface area contributed by atoms with Gasteiger partial charge in [0.15, 0.2) is 5.69 Å². The summed E-state index contributed by atoms with van der Waals surface area (Å²) in [6, 6.07) is 5.16. The van der Waals surface area contributed by atoms with Crippen LogP contribution in [0.25, 0.3) is 0 Å². The van der Waals surface area contributed by atoms with E-state index >= 15 is 0 Å². The number of nitrogens with two attached hydrogens (primary N) is 1. The van der Waals surface area contributed by atoms with Gasteiger partial charge in [0.1, 0.15) is 0 Å². The number of likely N-dealkylation sites (tertiary alicyclic amines) is 2. The lowest BCUT2D eigenvalue weighted by molar-refractivity contribution is -0.120. The monoisotopic (exact) mass is 611 g/mol. The van der Waals surface area contributed by atoms with Crippen LogP contribution in [-0.4, -0.2) is 76.7 Å². The lowest BCUT2D eigenvalue weighted by Gasteiger charge is -2.47. The summed E-state index contributed by atoms with van der Waals surface area (Å²) in [5.41, 5.74) is 7.93. The zero-order valence-electron chi connectivity index (χ0n) is 25.4. The summed E-state index contributed by atoms with van der Waals surface area (Å²) in [4.78, 5) is 43.5. The fourth-order valence-electron chi connectivity index (χ4n) is 7.67. The number of imide groups is 1. The number of anilines is 2. The van der Waals surface area contributed by atoms with Crippen LogP contribution in [0.1, 0.15) is 91.9 Å². The largest absolute Gasteiger partial charge is 0.396 e. The van der Waals surface area contributed by atoms with Crippen molar-refractivity contribution in [1.29, 1.82) is 0 Å². The van der Waals surface area contributed by atoms with E-state index in [0.29, 0.717) is 29.1 Å². The predicted octanol–water partition coefficient (Wildman–Crippen LogP) is 4.91. The maximum atomic E-state index is 13.5. The molecule has 4 aliphatic rings. The van der Waals surface area contributed by atoms with Crippen molar-refractivity contribution in [2.45, 2.75) is 77.2 Å². The third-order valence-corrected chi connectivity index (χ3v) is 10.5. The van der Waals surface area contributed by atoms with Crippen molar-refractivity contribution >= 4 is 29.2 Å². The van der Waals surface area contributed by atoms with Crippen molar-refractivity contribution in [3.05, 3.63) is 41.2 Å². The molecule has 12 heteroatoms. The molecule has 44 heavy (non-hydrogen) atoms. The maximum absolute atomic E-state index is 13.5. The van der Waals surface area contributed by atoms with E-state index in [4.69, 9.17) is 5.73 Å². The standard InChI is InChI=1S/C32H43F2N7O3/c1-21-2-3-23(18-26(21)40-15-8-27(42)36-31(40)44)30(43)39-16-11-32(12-17-39)9-4-22(5-10-32)19-38-13-6-24(7-14-38)41-20-25(35)28(37-41)29(33)34/h2-3,18,20,22,24,29H,4-17,19,35H2,1H3,(H,36,42,44). The fraction of sp³-hybridized carbons (Fsp3) is 0.625. The van der Waals surface area contributed by atoms with E-state index < -0.39 is 12.5 Å². The van der Waals surface area contributed by atoms with Gasteiger partial charge in [0.2, 0.25) is 5.91 Å². The SMILES string of the molecule is Cc1ccc(C(=O)N2CCC3(CCC(CN4CCC(n5cc(N)c(C(F)F)n5)CC4)CC3)CC2)cc1N1CCC(=O)NC1=O. The van der Waals surface area contributed by atoms with Crippen LogP contribution in [-0.2, 0) is 4.79 Å². The Kier molecular flexibility index (Phi) is 8.63. The first-order valence-corrected chi connectivity index (χ1v) is 16.0. The van der Waals surface area contributed by atoms with E-state index in [1.54, 1.807) is 21.8 Å². The van der Waals surface area contributed by atoms with Gasteiger partial charge >= 0.3 is 6.03 Å². The summed E-state index contributed by atoms with van der Waals surface area (Å²) in [5, 5.41) is 6.42. The third-order valence-electron chi connectivity index (χ3n) is 10.5. The summed E-state index contributed by atoms with van der Waals surface area (Å²) in [7, 11) is 0. The highest BCUT2D eigenvalue weighted by Crippen LogP contribution is 2.47. The molecule has 1 saturated carbocycles. The number of aromatic nitrogens is 2. The number of nitrogens with one attached hydrogen (secondary N) is 1. The molecule has 3 N–H and O–H groups in total. The number of nitrogen functional groups attached to an aromatic ring is 1. The number of carbonyl (C=O) groups is 3. The molecule has 4 fully saturated rings. The van der Waals surface area contributed by atoms with Gasteiger partial charge in [-0.05, 0) is 87.3 Å². The zero-order chi connectivity index (χ0) is 31.0. The Morgan fingerprint density at radius 3 is 2.39 bits per heavy atom. The highest BCUT2D eigenvalue weighted by Gasteiger charge is 2.40. The van der Waals surface area contributed by atoms with Gasteiger partial charge in [-0.2, -0.15) is 5.10 Å². The molecule has 3 aliphatic heterocycles. The van der Waals surface area contributed by atoms with Crippen LogP contribution in [0, 0.1) is 18.3 Å². The van der Waals surface area contributed by atoms with Crippen molar-refractivity contribution in [2.75, 3.05) is 49.9 Å². The van der Waals surface area contributed by atoms with Gasteiger partial charge in [-0.25, -0.2) is 13.6 Å². The molecule has 2 aromatic rings. The molecule has 4 heterocycles. The molecular formula is C32H43F2N7O3. The molecular weight excluding hydrogens is 568 g/mol. The molecule has 3 saturated heterocycles. The molecule has 1 aliphatic carbocycles. The molecule has 0 unspecified atom stereocenters. The summed E-state index contributed by atoms with van der Waals surface area (Å²) >= 11 is 0. The Bertz CT molecular complexity index is 1390. The average molecular weight is 612 g/mol. The Morgan fingerprint density at radius 2 is 1.75 bits per heavy atom. The number of amides is 4. The number of alkyl halides is 2. The van der Waals surface area contributed by atoms with Crippen molar-refractivity contribution in [2.24, 2.45) is 11.3 Å². The zero-order valence-corrected chi connectivity index (χ0v) is 25.4. The number of carbonyl (C=O) groups excluding carboxylic acids is 3. The molecule has 1 aromatic carbocycles. The minimum Gasteiger partial charge on any atom is -0.396 e. The topological polar surface area (TPSA) is 117 Å². The van der Waals surface area contributed by atoms with Crippen LogP contribution in [0.15, 0.2) is 24.4 Å². The van der Waals surface area contributed by atoms with Gasteiger partial charge in [-0.3, -0.25) is 24.5 Å². The van der Waals surface area contributed by atoms with Crippen molar-refractivity contribution in [1.82, 2.24) is 24.9 Å².